The van der Waals surface area contributed by atoms with Gasteiger partial charge in [0, 0.05) is 43.2 Å². The lowest BCUT2D eigenvalue weighted by atomic mass is 10.00. The van der Waals surface area contributed by atoms with E-state index in [9.17, 15) is 48.3 Å². The number of H-pyrrole nitrogens is 1. The molecule has 406 valence electrons. The summed E-state index contributed by atoms with van der Waals surface area (Å²) in [6.07, 6.45) is 1.75. The number of aliphatic imine (C=N–C) groups is 1. The number of carbonyl (C=O) groups is 9. The van der Waals surface area contributed by atoms with Crippen LogP contribution in [-0.2, 0) is 63.8 Å². The fourth-order valence-corrected chi connectivity index (χ4v) is 9.60. The minimum atomic E-state index is -1.31. The summed E-state index contributed by atoms with van der Waals surface area (Å²) >= 11 is 1.41. The molecule has 8 atom stereocenters. The standard InChI is InChI=1S/C47H69N13O13S/c1-26(2)16-33(55-42(65)27(3)52-35(61)19-57-13-14-58-23-39(62)72-37(58)21-60-25-41(64)73-38(60)22-59-24-40(63)71-36(59)20-57)44(67)56-34(17-28-18-51-30-9-6-5-8-29(28)30)45(68)53-31(11-15-74-4)43(66)54-32(46(69)70)10-7-12-50-47(48)49/h5-6,8-9,18,26-27,31-34,36-38,51H,7,10-17,19-25H2,1-4H3,(H,52,61)(H,53,68)(H,54,66)(H,55,65)(H,56,67)(H,69,70)(H4,48,49,50)/t27-,31-,32-,33-,34-,36?,37?,38?/m0/s1. The zero-order valence-corrected chi connectivity index (χ0v) is 42.9. The molecular weight excluding hydrogens is 987 g/mol. The van der Waals surface area contributed by atoms with Crippen molar-refractivity contribution in [2.24, 2.45) is 22.4 Å². The Hall–Kier alpha value is -6.55. The first-order valence-corrected chi connectivity index (χ1v) is 26.0. The average molecular weight is 1060 g/mol. The molecule has 0 radical (unpaired) electrons. The predicted octanol–water partition coefficient (Wildman–Crippen LogP) is -3.04. The number of para-hydroxylation sites is 1. The number of carboxylic acids is 1. The Kier molecular flexibility index (Phi) is 20.4. The Labute approximate surface area is 432 Å². The Morgan fingerprint density at radius 2 is 1.31 bits per heavy atom. The third-order valence-corrected chi connectivity index (χ3v) is 13.6. The number of amides is 5. The first-order valence-electron chi connectivity index (χ1n) is 24.6. The van der Waals surface area contributed by atoms with E-state index in [0.717, 1.165) is 10.9 Å². The number of nitrogens with two attached hydrogens (primary N) is 2. The number of esters is 3. The zero-order valence-electron chi connectivity index (χ0n) is 42.0. The van der Waals surface area contributed by atoms with Crippen molar-refractivity contribution >= 4 is 82.0 Å². The molecule has 4 aliphatic rings. The van der Waals surface area contributed by atoms with Gasteiger partial charge in [-0.25, -0.2) is 4.79 Å². The van der Waals surface area contributed by atoms with Gasteiger partial charge in [0.1, 0.15) is 43.3 Å². The van der Waals surface area contributed by atoms with Gasteiger partial charge in [-0.3, -0.25) is 62.9 Å². The van der Waals surface area contributed by atoms with Crippen LogP contribution >= 0.6 is 11.8 Å². The van der Waals surface area contributed by atoms with Crippen molar-refractivity contribution in [3.8, 4) is 0 Å². The number of benzene rings is 1. The molecule has 2 aromatic rings. The highest BCUT2D eigenvalue weighted by molar-refractivity contribution is 7.98. The number of aromatic nitrogens is 1. The number of guanidine groups is 1. The van der Waals surface area contributed by atoms with Gasteiger partial charge in [-0.2, -0.15) is 11.8 Å². The number of fused-ring (bicyclic) bond motifs is 4. The highest BCUT2D eigenvalue weighted by Crippen LogP contribution is 2.24. The van der Waals surface area contributed by atoms with Crippen molar-refractivity contribution in [2.45, 2.75) is 102 Å². The molecule has 1 aromatic heterocycles. The molecule has 0 spiro atoms. The van der Waals surface area contributed by atoms with Crippen molar-refractivity contribution in [2.75, 3.05) is 77.5 Å². The Balaban J connectivity index is 1.14. The highest BCUT2D eigenvalue weighted by Gasteiger charge is 2.44. The minimum Gasteiger partial charge on any atom is -0.480 e. The van der Waals surface area contributed by atoms with Crippen LogP contribution in [0.15, 0.2) is 35.5 Å². The number of thioether (sulfide) groups is 1. The number of rotatable bonds is 23. The second-order valence-corrected chi connectivity index (χ2v) is 20.2. The van der Waals surface area contributed by atoms with E-state index in [4.69, 9.17) is 25.7 Å². The van der Waals surface area contributed by atoms with E-state index < -0.39 is 102 Å². The largest absolute Gasteiger partial charge is 0.480 e. The van der Waals surface area contributed by atoms with E-state index in [1.54, 1.807) is 25.8 Å². The molecule has 4 fully saturated rings. The van der Waals surface area contributed by atoms with Crippen LogP contribution in [0.25, 0.3) is 10.9 Å². The Morgan fingerprint density at radius 1 is 0.743 bits per heavy atom. The van der Waals surface area contributed by atoms with Crippen molar-refractivity contribution in [1.82, 2.24) is 51.2 Å². The summed E-state index contributed by atoms with van der Waals surface area (Å²) in [5, 5.41) is 24.2. The number of nitrogens with zero attached hydrogens (tertiary/aromatic N) is 5. The third kappa shape index (κ3) is 16.2. The number of nitrogens with one attached hydrogen (secondary N) is 6. The van der Waals surface area contributed by atoms with Crippen LogP contribution in [0.1, 0.15) is 52.0 Å². The topological polar surface area (TPSA) is 355 Å². The molecule has 1 aromatic carbocycles. The smallest absolute Gasteiger partial charge is 0.326 e. The van der Waals surface area contributed by atoms with E-state index in [0.29, 0.717) is 11.3 Å². The van der Waals surface area contributed by atoms with Gasteiger partial charge in [-0.1, -0.05) is 32.0 Å². The van der Waals surface area contributed by atoms with Gasteiger partial charge in [0.25, 0.3) is 0 Å². The molecule has 6 rings (SSSR count). The summed E-state index contributed by atoms with van der Waals surface area (Å²) in [7, 11) is 0. The maximum Gasteiger partial charge on any atom is 0.326 e. The lowest BCUT2D eigenvalue weighted by molar-refractivity contribution is -0.148. The van der Waals surface area contributed by atoms with Crippen LogP contribution < -0.4 is 38.1 Å². The van der Waals surface area contributed by atoms with E-state index in [1.165, 1.54) is 18.7 Å². The monoisotopic (exact) mass is 1060 g/mol. The van der Waals surface area contributed by atoms with Gasteiger partial charge in [-0.15, -0.1) is 0 Å². The maximum atomic E-state index is 14.4. The maximum absolute atomic E-state index is 14.4. The SMILES string of the molecule is CSCC[C@H](NC(=O)[C@H](Cc1c[nH]c2ccccc12)NC(=O)[C@H](CC(C)C)NC(=O)[C@H](C)NC(=O)CN1CCN2CC(=O)OC2CN2CC(=O)OC2CN2CC(=O)OC2C1)C(=O)N[C@@H](CCCN=C(N)N)C(=O)O. The lowest BCUT2D eigenvalue weighted by Gasteiger charge is -2.35. The van der Waals surface area contributed by atoms with E-state index >= 15 is 0 Å². The molecule has 0 aliphatic carbocycles. The van der Waals surface area contributed by atoms with Crippen LogP contribution in [0.4, 0.5) is 0 Å². The number of aromatic amines is 1. The summed E-state index contributed by atoms with van der Waals surface area (Å²) in [5.41, 5.74) is 12.2. The van der Waals surface area contributed by atoms with E-state index in [1.807, 2.05) is 44.4 Å². The first-order chi connectivity index (χ1) is 35.3. The second-order valence-electron chi connectivity index (χ2n) is 19.2. The lowest BCUT2D eigenvalue weighted by Crippen LogP contribution is -2.59. The van der Waals surface area contributed by atoms with Gasteiger partial charge in [0.15, 0.2) is 24.6 Å². The fraction of sp³-hybridized carbons (Fsp3) is 0.617. The van der Waals surface area contributed by atoms with E-state index in [-0.39, 0.29) is 109 Å². The number of ether oxygens (including phenoxy) is 3. The Morgan fingerprint density at radius 3 is 1.95 bits per heavy atom. The van der Waals surface area contributed by atoms with Crippen molar-refractivity contribution in [3.05, 3.63) is 36.0 Å². The van der Waals surface area contributed by atoms with Crippen LogP contribution in [0.3, 0.4) is 0 Å². The van der Waals surface area contributed by atoms with E-state index in [2.05, 4.69) is 36.6 Å². The van der Waals surface area contributed by atoms with Crippen LogP contribution in [-0.4, -0.2) is 215 Å². The summed E-state index contributed by atoms with van der Waals surface area (Å²) in [5.74, 6) is -6.03. The molecule has 26 nitrogen and oxygen atoms in total. The first kappa shape index (κ1) is 56.7. The van der Waals surface area contributed by atoms with Gasteiger partial charge in [0.2, 0.25) is 29.5 Å². The molecule has 11 N–H and O–H groups in total. The third-order valence-electron chi connectivity index (χ3n) is 12.9. The fourth-order valence-electron chi connectivity index (χ4n) is 9.13. The number of aliphatic carboxylic acids is 1. The average Bonchev–Trinajstić information content (AvgIpc) is 4.10. The van der Waals surface area contributed by atoms with Crippen molar-refractivity contribution in [3.63, 3.8) is 0 Å². The molecule has 5 heterocycles. The summed E-state index contributed by atoms with van der Waals surface area (Å²) in [6.45, 7) is 5.74. The molecule has 74 heavy (non-hydrogen) atoms. The molecule has 4 saturated heterocycles. The minimum absolute atomic E-state index is 0.00277. The number of carbonyl (C=O) groups excluding carboxylic acids is 8. The van der Waals surface area contributed by atoms with Gasteiger partial charge < -0.3 is 62.4 Å². The predicted molar refractivity (Wildman–Crippen MR) is 268 cm³/mol. The van der Waals surface area contributed by atoms with Gasteiger partial charge >= 0.3 is 23.9 Å². The molecule has 0 saturated carbocycles. The number of hydrogen-bond acceptors (Lipinski definition) is 18. The van der Waals surface area contributed by atoms with Crippen LogP contribution in [0.2, 0.25) is 0 Å². The number of carboxylic acid groups (broad SMARTS) is 1. The summed E-state index contributed by atoms with van der Waals surface area (Å²) in [4.78, 5) is 134. The van der Waals surface area contributed by atoms with Crippen LogP contribution in [0, 0.1) is 5.92 Å². The van der Waals surface area contributed by atoms with Gasteiger partial charge in [0.05, 0.1) is 32.7 Å². The highest BCUT2D eigenvalue weighted by atomic mass is 32.2. The zero-order chi connectivity index (χ0) is 53.6. The molecule has 27 heteroatoms. The second kappa shape index (κ2) is 26.6. The molecule has 3 unspecified atom stereocenters. The quantitative estimate of drug-likeness (QED) is 0.0176. The molecule has 0 bridgehead atoms. The Bertz CT molecular complexity index is 2400. The summed E-state index contributed by atoms with van der Waals surface area (Å²) < 4.78 is 16.8. The summed E-state index contributed by atoms with van der Waals surface area (Å²) in [6, 6.07) is 1.19. The molecular formula is C47H69N13O13S. The number of hydrogen-bond donors (Lipinski definition) is 9. The van der Waals surface area contributed by atoms with Crippen molar-refractivity contribution < 1.29 is 62.5 Å². The van der Waals surface area contributed by atoms with Gasteiger partial charge in [-0.05, 0) is 62.2 Å². The van der Waals surface area contributed by atoms with Crippen LogP contribution in [0.5, 0.6) is 0 Å². The normalized spacial score (nSPS) is 21.7. The molecule has 4 aliphatic heterocycles. The molecule has 5 amide bonds. The van der Waals surface area contributed by atoms with Crippen molar-refractivity contribution in [1.29, 1.82) is 0 Å².